The molecule has 4 aliphatic rings. The van der Waals surface area contributed by atoms with Gasteiger partial charge in [0, 0.05) is 6.54 Å². The van der Waals surface area contributed by atoms with E-state index in [1.165, 1.54) is 44.8 Å². The third-order valence-corrected chi connectivity index (χ3v) is 5.76. The lowest BCUT2D eigenvalue weighted by Crippen LogP contribution is -2.53. The maximum absolute atomic E-state index is 11.1. The Balaban J connectivity index is 1.60. The van der Waals surface area contributed by atoms with Crippen LogP contribution in [0.5, 0.6) is 0 Å². The first-order valence-corrected chi connectivity index (χ1v) is 9.35. The van der Waals surface area contributed by atoms with Crippen LogP contribution in [-0.2, 0) is 14.8 Å². The fourth-order valence-corrected chi connectivity index (χ4v) is 5.45. The Kier molecular flexibility index (Phi) is 3.43. The molecule has 4 nitrogen and oxygen atoms in total. The second-order valence-corrected chi connectivity index (χ2v) is 8.98. The fraction of sp³-hybridized carbons (Fsp3) is 1.00. The van der Waals surface area contributed by atoms with E-state index in [9.17, 15) is 8.42 Å². The third kappa shape index (κ3) is 3.14. The van der Waals surface area contributed by atoms with Gasteiger partial charge in [0.1, 0.15) is 0 Å². The molecule has 5 heteroatoms. The third-order valence-electron chi connectivity index (χ3n) is 5.07. The standard InChI is InChI=1S/C14H25NO3S/c1-10(9-15-19(2,16)17)18-14-6-11-3-12(7-14)5-13(4-11)8-14/h10-13,15H,3-9H2,1-2H3/t10-,11?,12?,13?,14?/m1/s1. The molecule has 0 heterocycles. The summed E-state index contributed by atoms with van der Waals surface area (Å²) < 4.78 is 31.1. The molecule has 4 bridgehead atoms. The number of ether oxygens (including phenoxy) is 1. The predicted octanol–water partition coefficient (Wildman–Crippen LogP) is 1.91. The van der Waals surface area contributed by atoms with Gasteiger partial charge in [-0.25, -0.2) is 13.1 Å². The molecule has 0 amide bonds. The number of nitrogens with one attached hydrogen (secondary N) is 1. The Labute approximate surface area is 116 Å². The number of rotatable bonds is 5. The number of hydrogen-bond acceptors (Lipinski definition) is 3. The minimum Gasteiger partial charge on any atom is -0.371 e. The zero-order chi connectivity index (χ0) is 13.7. The highest BCUT2D eigenvalue weighted by molar-refractivity contribution is 7.88. The highest BCUT2D eigenvalue weighted by Crippen LogP contribution is 2.57. The van der Waals surface area contributed by atoms with Crippen molar-refractivity contribution in [2.45, 2.75) is 57.2 Å². The van der Waals surface area contributed by atoms with Crippen LogP contribution in [0.25, 0.3) is 0 Å². The number of hydrogen-bond donors (Lipinski definition) is 1. The molecule has 1 atom stereocenters. The normalized spacial score (nSPS) is 42.5. The molecule has 0 aromatic heterocycles. The van der Waals surface area contributed by atoms with E-state index in [1.807, 2.05) is 6.92 Å². The SMILES string of the molecule is C[C@H](CNS(C)(=O)=O)OC12CC3CC(CC(C3)C1)C2. The van der Waals surface area contributed by atoms with E-state index in [4.69, 9.17) is 4.74 Å². The van der Waals surface area contributed by atoms with Crippen LogP contribution in [0.1, 0.15) is 45.4 Å². The van der Waals surface area contributed by atoms with Crippen LogP contribution in [0.2, 0.25) is 0 Å². The average molecular weight is 287 g/mol. The summed E-state index contributed by atoms with van der Waals surface area (Å²) in [6, 6.07) is 0. The summed E-state index contributed by atoms with van der Waals surface area (Å²) >= 11 is 0. The van der Waals surface area contributed by atoms with Crippen LogP contribution < -0.4 is 4.72 Å². The molecule has 4 fully saturated rings. The molecule has 0 radical (unpaired) electrons. The van der Waals surface area contributed by atoms with E-state index in [0.29, 0.717) is 6.54 Å². The van der Waals surface area contributed by atoms with E-state index in [1.54, 1.807) is 0 Å². The van der Waals surface area contributed by atoms with Crippen molar-refractivity contribution in [3.63, 3.8) is 0 Å². The van der Waals surface area contributed by atoms with Gasteiger partial charge in [0.15, 0.2) is 0 Å². The van der Waals surface area contributed by atoms with E-state index in [2.05, 4.69) is 4.72 Å². The number of sulfonamides is 1. The Morgan fingerprint density at radius 3 is 2.05 bits per heavy atom. The molecule has 4 rings (SSSR count). The van der Waals surface area contributed by atoms with Gasteiger partial charge >= 0.3 is 0 Å². The largest absolute Gasteiger partial charge is 0.371 e. The molecule has 19 heavy (non-hydrogen) atoms. The Morgan fingerprint density at radius 2 is 1.63 bits per heavy atom. The van der Waals surface area contributed by atoms with Gasteiger partial charge in [0.2, 0.25) is 10.0 Å². The molecule has 0 aliphatic heterocycles. The smallest absolute Gasteiger partial charge is 0.208 e. The van der Waals surface area contributed by atoms with Gasteiger partial charge in [-0.15, -0.1) is 0 Å². The maximum Gasteiger partial charge on any atom is 0.208 e. The van der Waals surface area contributed by atoms with Gasteiger partial charge in [0.25, 0.3) is 0 Å². The van der Waals surface area contributed by atoms with E-state index < -0.39 is 10.0 Å². The van der Waals surface area contributed by atoms with Crippen molar-refractivity contribution < 1.29 is 13.2 Å². The van der Waals surface area contributed by atoms with E-state index in [-0.39, 0.29) is 11.7 Å². The van der Waals surface area contributed by atoms with E-state index in [0.717, 1.165) is 17.8 Å². The summed E-state index contributed by atoms with van der Waals surface area (Å²) in [5, 5.41) is 0. The topological polar surface area (TPSA) is 55.4 Å². The highest BCUT2D eigenvalue weighted by Gasteiger charge is 2.52. The van der Waals surface area contributed by atoms with Gasteiger partial charge in [0.05, 0.1) is 18.0 Å². The van der Waals surface area contributed by atoms with Crippen LogP contribution in [-0.4, -0.2) is 32.9 Å². The molecule has 4 aliphatic carbocycles. The summed E-state index contributed by atoms with van der Waals surface area (Å²) in [7, 11) is -3.12. The van der Waals surface area contributed by atoms with Gasteiger partial charge < -0.3 is 4.74 Å². The van der Waals surface area contributed by atoms with Crippen molar-refractivity contribution in [2.24, 2.45) is 17.8 Å². The van der Waals surface area contributed by atoms with Crippen molar-refractivity contribution in [1.82, 2.24) is 4.72 Å². The summed E-state index contributed by atoms with van der Waals surface area (Å²) in [5.41, 5.74) is 0.0628. The van der Waals surface area contributed by atoms with Crippen molar-refractivity contribution in [1.29, 1.82) is 0 Å². The van der Waals surface area contributed by atoms with Crippen molar-refractivity contribution in [2.75, 3.05) is 12.8 Å². The highest BCUT2D eigenvalue weighted by atomic mass is 32.2. The molecular weight excluding hydrogens is 262 g/mol. The van der Waals surface area contributed by atoms with E-state index >= 15 is 0 Å². The van der Waals surface area contributed by atoms with Crippen LogP contribution in [0.3, 0.4) is 0 Å². The molecule has 1 N–H and O–H groups in total. The first-order valence-electron chi connectivity index (χ1n) is 7.46. The maximum atomic E-state index is 11.1. The zero-order valence-electron chi connectivity index (χ0n) is 11.9. The summed E-state index contributed by atoms with van der Waals surface area (Å²) in [4.78, 5) is 0. The monoisotopic (exact) mass is 287 g/mol. The molecule has 0 unspecified atom stereocenters. The van der Waals surface area contributed by atoms with Crippen molar-refractivity contribution >= 4 is 10.0 Å². The average Bonchev–Trinajstić information content (AvgIpc) is 2.22. The predicted molar refractivity (Wildman–Crippen MR) is 74.3 cm³/mol. The van der Waals surface area contributed by atoms with Crippen LogP contribution in [0.4, 0.5) is 0 Å². The zero-order valence-corrected chi connectivity index (χ0v) is 12.7. The second-order valence-electron chi connectivity index (χ2n) is 7.15. The first kappa shape index (κ1) is 13.8. The molecule has 0 saturated heterocycles. The lowest BCUT2D eigenvalue weighted by atomic mass is 9.54. The summed E-state index contributed by atoms with van der Waals surface area (Å²) in [6.07, 6.45) is 8.96. The van der Waals surface area contributed by atoms with Crippen LogP contribution in [0.15, 0.2) is 0 Å². The fourth-order valence-electron chi connectivity index (χ4n) is 4.91. The van der Waals surface area contributed by atoms with Gasteiger partial charge in [-0.3, -0.25) is 0 Å². The summed E-state index contributed by atoms with van der Waals surface area (Å²) in [5.74, 6) is 2.59. The Bertz CT molecular complexity index is 410. The van der Waals surface area contributed by atoms with Gasteiger partial charge in [-0.1, -0.05) is 0 Å². The molecule has 0 aromatic carbocycles. The minimum atomic E-state index is -3.12. The first-order chi connectivity index (χ1) is 8.84. The minimum absolute atomic E-state index is 0.0361. The van der Waals surface area contributed by atoms with Crippen LogP contribution in [0, 0.1) is 17.8 Å². The second kappa shape index (κ2) is 4.71. The molecule has 0 spiro atoms. The molecule has 4 saturated carbocycles. The molecule has 110 valence electrons. The molecular formula is C14H25NO3S. The Morgan fingerprint density at radius 1 is 1.16 bits per heavy atom. The van der Waals surface area contributed by atoms with Crippen LogP contribution >= 0.6 is 0 Å². The van der Waals surface area contributed by atoms with Gasteiger partial charge in [-0.05, 0) is 63.2 Å². The van der Waals surface area contributed by atoms with Gasteiger partial charge in [-0.2, -0.15) is 0 Å². The van der Waals surface area contributed by atoms with Crippen molar-refractivity contribution in [3.8, 4) is 0 Å². The quantitative estimate of drug-likeness (QED) is 0.840. The van der Waals surface area contributed by atoms with Crippen molar-refractivity contribution in [3.05, 3.63) is 0 Å². The Hall–Kier alpha value is -0.130. The lowest BCUT2D eigenvalue weighted by molar-refractivity contribution is -0.182. The molecule has 0 aromatic rings. The summed E-state index contributed by atoms with van der Waals surface area (Å²) in [6.45, 7) is 2.37. The lowest BCUT2D eigenvalue weighted by Gasteiger charge is -2.57.